The van der Waals surface area contributed by atoms with Crippen molar-refractivity contribution in [3.8, 4) is 0 Å². The van der Waals surface area contributed by atoms with Crippen LogP contribution in [0.2, 0.25) is 0 Å². The van der Waals surface area contributed by atoms with Crippen LogP contribution < -0.4 is 0 Å². The second-order valence-electron chi connectivity index (χ2n) is 3.67. The highest BCUT2D eigenvalue weighted by Crippen LogP contribution is 2.17. The summed E-state index contributed by atoms with van der Waals surface area (Å²) in [6.45, 7) is 1.99. The molecule has 1 aromatic rings. The van der Waals surface area contributed by atoms with Crippen LogP contribution in [0.4, 0.5) is 0 Å². The predicted molar refractivity (Wildman–Crippen MR) is 61.3 cm³/mol. The Labute approximate surface area is 95.4 Å². The smallest absolute Gasteiger partial charge is 0.309 e. The molecule has 0 spiro atoms. The van der Waals surface area contributed by atoms with E-state index in [2.05, 4.69) is 4.74 Å². The second-order valence-corrected chi connectivity index (χ2v) is 3.67. The Hall–Kier alpha value is -1.64. The molecule has 0 aliphatic rings. The largest absolute Gasteiger partial charge is 0.469 e. The second kappa shape index (κ2) is 6.05. The van der Waals surface area contributed by atoms with Gasteiger partial charge in [0.2, 0.25) is 0 Å². The van der Waals surface area contributed by atoms with Gasteiger partial charge in [-0.1, -0.05) is 18.2 Å². The van der Waals surface area contributed by atoms with Crippen LogP contribution in [-0.4, -0.2) is 19.4 Å². The summed E-state index contributed by atoms with van der Waals surface area (Å²) in [7, 11) is 1.38. The van der Waals surface area contributed by atoms with Gasteiger partial charge >= 0.3 is 5.97 Å². The van der Waals surface area contributed by atoms with Crippen LogP contribution in [0.25, 0.3) is 0 Å². The highest BCUT2D eigenvalue weighted by atomic mass is 16.5. The molecule has 0 N–H and O–H groups in total. The number of methoxy groups -OCH3 is 1. The fourth-order valence-corrected chi connectivity index (χ4v) is 1.72. The summed E-state index contributed by atoms with van der Waals surface area (Å²) in [4.78, 5) is 21.6. The molecule has 16 heavy (non-hydrogen) atoms. The van der Waals surface area contributed by atoms with Crippen LogP contribution in [0.1, 0.15) is 23.1 Å². The van der Waals surface area contributed by atoms with Gasteiger partial charge in [-0.15, -0.1) is 0 Å². The van der Waals surface area contributed by atoms with Gasteiger partial charge < -0.3 is 9.53 Å². The average molecular weight is 220 g/mol. The lowest BCUT2D eigenvalue weighted by Gasteiger charge is -2.10. The maximum absolute atomic E-state index is 11.2. The molecule has 0 aromatic heterocycles. The van der Waals surface area contributed by atoms with Gasteiger partial charge in [0, 0.05) is 6.42 Å². The zero-order valence-corrected chi connectivity index (χ0v) is 9.66. The van der Waals surface area contributed by atoms with Crippen LogP contribution in [-0.2, 0) is 27.2 Å². The van der Waals surface area contributed by atoms with Crippen molar-refractivity contribution in [1.29, 1.82) is 0 Å². The normalized spacial score (nSPS) is 9.88. The topological polar surface area (TPSA) is 43.4 Å². The molecule has 3 nitrogen and oxygen atoms in total. The van der Waals surface area contributed by atoms with Gasteiger partial charge in [-0.25, -0.2) is 0 Å². The first-order chi connectivity index (χ1) is 7.69. The van der Waals surface area contributed by atoms with Gasteiger partial charge in [0.1, 0.15) is 6.29 Å². The summed E-state index contributed by atoms with van der Waals surface area (Å²) in [5, 5.41) is 0. The number of ether oxygens (including phenoxy) is 1. The summed E-state index contributed by atoms with van der Waals surface area (Å²) >= 11 is 0. The van der Waals surface area contributed by atoms with Gasteiger partial charge in [0.25, 0.3) is 0 Å². The highest BCUT2D eigenvalue weighted by Gasteiger charge is 2.09. The molecule has 0 saturated carbocycles. The van der Waals surface area contributed by atoms with Gasteiger partial charge in [-0.05, 0) is 30.0 Å². The van der Waals surface area contributed by atoms with E-state index in [1.807, 2.05) is 25.1 Å². The standard InChI is InChI=1S/C13H16O3/c1-10-5-3-6-11(9-13(15)16-2)12(10)7-4-8-14/h3,5-6,8H,4,7,9H2,1-2H3. The first-order valence-electron chi connectivity index (χ1n) is 5.27. The number of rotatable bonds is 5. The van der Waals surface area contributed by atoms with Crippen molar-refractivity contribution < 1.29 is 14.3 Å². The van der Waals surface area contributed by atoms with E-state index in [4.69, 9.17) is 0 Å². The van der Waals surface area contributed by atoms with E-state index < -0.39 is 0 Å². The van der Waals surface area contributed by atoms with Crippen molar-refractivity contribution in [1.82, 2.24) is 0 Å². The van der Waals surface area contributed by atoms with Crippen molar-refractivity contribution in [3.05, 3.63) is 34.9 Å². The maximum Gasteiger partial charge on any atom is 0.309 e. The van der Waals surface area contributed by atoms with E-state index in [-0.39, 0.29) is 12.4 Å². The minimum absolute atomic E-state index is 0.252. The summed E-state index contributed by atoms with van der Waals surface area (Å²) in [6, 6.07) is 5.81. The third-order valence-corrected chi connectivity index (χ3v) is 2.58. The Kier molecular flexibility index (Phi) is 4.70. The highest BCUT2D eigenvalue weighted by molar-refractivity contribution is 5.73. The first-order valence-corrected chi connectivity index (χ1v) is 5.27. The van der Waals surface area contributed by atoms with Crippen molar-refractivity contribution in [2.24, 2.45) is 0 Å². The molecule has 0 heterocycles. The first kappa shape index (κ1) is 12.4. The predicted octanol–water partition coefficient (Wildman–Crippen LogP) is 1.84. The lowest BCUT2D eigenvalue weighted by Crippen LogP contribution is -2.08. The molecule has 0 bridgehead atoms. The van der Waals surface area contributed by atoms with Crippen LogP contribution in [0.15, 0.2) is 18.2 Å². The van der Waals surface area contributed by atoms with Crippen LogP contribution in [0.3, 0.4) is 0 Å². The molecule has 0 radical (unpaired) electrons. The molecule has 0 atom stereocenters. The van der Waals surface area contributed by atoms with Crippen molar-refractivity contribution in [2.45, 2.75) is 26.2 Å². The minimum Gasteiger partial charge on any atom is -0.469 e. The number of aryl methyl sites for hydroxylation is 1. The number of benzene rings is 1. The molecule has 86 valence electrons. The van der Waals surface area contributed by atoms with Crippen LogP contribution in [0.5, 0.6) is 0 Å². The van der Waals surface area contributed by atoms with E-state index in [0.29, 0.717) is 12.8 Å². The van der Waals surface area contributed by atoms with Gasteiger partial charge in [0.15, 0.2) is 0 Å². The Bertz CT molecular complexity index is 383. The summed E-state index contributed by atoms with van der Waals surface area (Å²) in [5.74, 6) is -0.252. The van der Waals surface area contributed by atoms with E-state index in [1.165, 1.54) is 7.11 Å². The number of hydrogen-bond acceptors (Lipinski definition) is 3. The van der Waals surface area contributed by atoms with Crippen LogP contribution in [0, 0.1) is 6.92 Å². The Morgan fingerprint density at radius 2 is 2.19 bits per heavy atom. The van der Waals surface area contributed by atoms with E-state index in [0.717, 1.165) is 23.0 Å². The van der Waals surface area contributed by atoms with Crippen molar-refractivity contribution in [2.75, 3.05) is 7.11 Å². The number of esters is 1. The molecular weight excluding hydrogens is 204 g/mol. The molecule has 0 unspecified atom stereocenters. The number of hydrogen-bond donors (Lipinski definition) is 0. The lowest BCUT2D eigenvalue weighted by molar-refractivity contribution is -0.139. The Morgan fingerprint density at radius 3 is 2.81 bits per heavy atom. The molecule has 0 aliphatic heterocycles. The fourth-order valence-electron chi connectivity index (χ4n) is 1.72. The van der Waals surface area contributed by atoms with Gasteiger partial charge in [-0.2, -0.15) is 0 Å². The van der Waals surface area contributed by atoms with Crippen molar-refractivity contribution >= 4 is 12.3 Å². The molecule has 0 aliphatic carbocycles. The fraction of sp³-hybridized carbons (Fsp3) is 0.385. The summed E-state index contributed by atoms with van der Waals surface area (Å²) in [6.07, 6.45) is 2.34. The molecule has 1 aromatic carbocycles. The minimum atomic E-state index is -0.252. The Balaban J connectivity index is 2.92. The van der Waals surface area contributed by atoms with Crippen LogP contribution >= 0.6 is 0 Å². The lowest BCUT2D eigenvalue weighted by atomic mass is 9.96. The monoisotopic (exact) mass is 220 g/mol. The third kappa shape index (κ3) is 3.19. The van der Waals surface area contributed by atoms with E-state index >= 15 is 0 Å². The molecule has 1 rings (SSSR count). The maximum atomic E-state index is 11.2. The Morgan fingerprint density at radius 1 is 1.44 bits per heavy atom. The van der Waals surface area contributed by atoms with Gasteiger partial charge in [-0.3, -0.25) is 4.79 Å². The SMILES string of the molecule is COC(=O)Cc1cccc(C)c1CCC=O. The zero-order chi connectivity index (χ0) is 12.0. The summed E-state index contributed by atoms with van der Waals surface area (Å²) < 4.78 is 4.64. The molecule has 0 amide bonds. The van der Waals surface area contributed by atoms with E-state index in [9.17, 15) is 9.59 Å². The number of aldehydes is 1. The zero-order valence-electron chi connectivity index (χ0n) is 9.66. The number of carbonyl (C=O) groups is 2. The molecule has 3 heteroatoms. The quantitative estimate of drug-likeness (QED) is 0.561. The molecule has 0 fully saturated rings. The van der Waals surface area contributed by atoms with Gasteiger partial charge in [0.05, 0.1) is 13.5 Å². The third-order valence-electron chi connectivity index (χ3n) is 2.58. The number of carbonyl (C=O) groups excluding carboxylic acids is 2. The molecular formula is C13H16O3. The molecule has 0 saturated heterocycles. The van der Waals surface area contributed by atoms with Crippen molar-refractivity contribution in [3.63, 3.8) is 0 Å². The summed E-state index contributed by atoms with van der Waals surface area (Å²) in [5.41, 5.74) is 3.15. The van der Waals surface area contributed by atoms with E-state index in [1.54, 1.807) is 0 Å². The average Bonchev–Trinajstić information content (AvgIpc) is 2.28.